The van der Waals surface area contributed by atoms with Crippen molar-refractivity contribution in [1.29, 1.82) is 0 Å². The third-order valence-electron chi connectivity index (χ3n) is 3.44. The van der Waals surface area contributed by atoms with Gasteiger partial charge in [-0.25, -0.2) is 13.1 Å². The normalized spacial score (nSPS) is 16.6. The average molecular weight is 268 g/mol. The van der Waals surface area contributed by atoms with Crippen LogP contribution >= 0.6 is 0 Å². The first kappa shape index (κ1) is 13.5. The number of sulfonamides is 1. The lowest BCUT2D eigenvalue weighted by Crippen LogP contribution is -2.28. The molecule has 0 spiro atoms. The molecule has 0 saturated carbocycles. The van der Waals surface area contributed by atoms with Gasteiger partial charge in [0.2, 0.25) is 10.0 Å². The summed E-state index contributed by atoms with van der Waals surface area (Å²) in [6.45, 7) is 6.17. The Morgan fingerprint density at radius 3 is 2.78 bits per heavy atom. The van der Waals surface area contributed by atoms with Crippen LogP contribution in [0.5, 0.6) is 0 Å². The van der Waals surface area contributed by atoms with Crippen LogP contribution < -0.4 is 10.0 Å². The fourth-order valence-corrected chi connectivity index (χ4v) is 3.13. The van der Waals surface area contributed by atoms with Crippen molar-refractivity contribution in [2.24, 2.45) is 5.92 Å². The predicted octanol–water partition coefficient (Wildman–Crippen LogP) is 1.61. The Hall–Kier alpha value is -0.910. The van der Waals surface area contributed by atoms with Crippen molar-refractivity contribution < 1.29 is 8.42 Å². The smallest absolute Gasteiger partial charge is 0.240 e. The molecule has 2 N–H and O–H groups in total. The van der Waals surface area contributed by atoms with E-state index in [0.29, 0.717) is 17.4 Å². The second-order valence-electron chi connectivity index (χ2n) is 4.90. The standard InChI is InChI=1S/C13H20N2O2S/c1-3-10(2)7-15-18(16,17)13-5-4-11-8-14-9-12(11)6-13/h4-6,10,14-15H,3,7-9H2,1-2H3. The van der Waals surface area contributed by atoms with E-state index < -0.39 is 10.0 Å². The van der Waals surface area contributed by atoms with Gasteiger partial charge in [-0.1, -0.05) is 26.3 Å². The molecule has 2 rings (SSSR count). The van der Waals surface area contributed by atoms with Crippen molar-refractivity contribution in [3.63, 3.8) is 0 Å². The van der Waals surface area contributed by atoms with Crippen LogP contribution in [-0.4, -0.2) is 15.0 Å². The number of rotatable bonds is 5. The number of benzene rings is 1. The van der Waals surface area contributed by atoms with Gasteiger partial charge in [0.1, 0.15) is 0 Å². The predicted molar refractivity (Wildman–Crippen MR) is 71.6 cm³/mol. The molecular weight excluding hydrogens is 248 g/mol. The molecule has 0 amide bonds. The zero-order valence-electron chi connectivity index (χ0n) is 10.9. The average Bonchev–Trinajstić information content (AvgIpc) is 2.83. The molecular formula is C13H20N2O2S. The maximum absolute atomic E-state index is 12.1. The Morgan fingerprint density at radius 2 is 2.06 bits per heavy atom. The monoisotopic (exact) mass is 268 g/mol. The van der Waals surface area contributed by atoms with Crippen molar-refractivity contribution >= 4 is 10.0 Å². The molecule has 18 heavy (non-hydrogen) atoms. The number of nitrogens with one attached hydrogen (secondary N) is 2. The largest absolute Gasteiger partial charge is 0.309 e. The Morgan fingerprint density at radius 1 is 1.33 bits per heavy atom. The summed E-state index contributed by atoms with van der Waals surface area (Å²) in [7, 11) is -3.36. The van der Waals surface area contributed by atoms with Crippen molar-refractivity contribution in [3.8, 4) is 0 Å². The van der Waals surface area contributed by atoms with Gasteiger partial charge in [0.15, 0.2) is 0 Å². The Labute approximate surface area is 109 Å². The van der Waals surface area contributed by atoms with E-state index in [0.717, 1.165) is 25.1 Å². The molecule has 1 aliphatic rings. The van der Waals surface area contributed by atoms with Crippen LogP contribution in [0.3, 0.4) is 0 Å². The van der Waals surface area contributed by atoms with Crippen molar-refractivity contribution in [1.82, 2.24) is 10.0 Å². The van der Waals surface area contributed by atoms with Crippen molar-refractivity contribution in [3.05, 3.63) is 29.3 Å². The van der Waals surface area contributed by atoms with Gasteiger partial charge in [0.05, 0.1) is 4.90 Å². The molecule has 5 heteroatoms. The van der Waals surface area contributed by atoms with Gasteiger partial charge >= 0.3 is 0 Å². The summed E-state index contributed by atoms with van der Waals surface area (Å²) >= 11 is 0. The second-order valence-corrected chi connectivity index (χ2v) is 6.67. The highest BCUT2D eigenvalue weighted by molar-refractivity contribution is 7.89. The highest BCUT2D eigenvalue weighted by Gasteiger charge is 2.18. The maximum atomic E-state index is 12.1. The second kappa shape index (κ2) is 5.38. The molecule has 0 aromatic heterocycles. The molecule has 100 valence electrons. The first-order chi connectivity index (χ1) is 8.53. The molecule has 4 nitrogen and oxygen atoms in total. The number of fused-ring (bicyclic) bond motifs is 1. The minimum absolute atomic E-state index is 0.357. The Balaban J connectivity index is 2.15. The molecule has 1 heterocycles. The quantitative estimate of drug-likeness (QED) is 0.853. The van der Waals surface area contributed by atoms with Gasteiger partial charge in [0, 0.05) is 19.6 Å². The van der Waals surface area contributed by atoms with Crippen LogP contribution in [0.2, 0.25) is 0 Å². The number of hydrogen-bond donors (Lipinski definition) is 2. The molecule has 1 aromatic rings. The van der Waals surface area contributed by atoms with E-state index in [1.54, 1.807) is 12.1 Å². The number of hydrogen-bond acceptors (Lipinski definition) is 3. The highest BCUT2D eigenvalue weighted by Crippen LogP contribution is 2.20. The maximum Gasteiger partial charge on any atom is 0.240 e. The molecule has 1 aromatic carbocycles. The first-order valence-electron chi connectivity index (χ1n) is 6.35. The van der Waals surface area contributed by atoms with E-state index in [1.165, 1.54) is 5.56 Å². The van der Waals surface area contributed by atoms with Crippen LogP contribution in [-0.2, 0) is 23.1 Å². The fourth-order valence-electron chi connectivity index (χ4n) is 1.92. The van der Waals surface area contributed by atoms with Crippen LogP contribution in [0.15, 0.2) is 23.1 Å². The van der Waals surface area contributed by atoms with E-state index in [-0.39, 0.29) is 0 Å². The van der Waals surface area contributed by atoms with E-state index in [9.17, 15) is 8.42 Å². The summed E-state index contributed by atoms with van der Waals surface area (Å²) in [5, 5.41) is 3.21. The summed E-state index contributed by atoms with van der Waals surface area (Å²) in [4.78, 5) is 0.369. The van der Waals surface area contributed by atoms with E-state index >= 15 is 0 Å². The molecule has 0 radical (unpaired) electrons. The summed E-state index contributed by atoms with van der Waals surface area (Å²) in [6, 6.07) is 5.35. The third-order valence-corrected chi connectivity index (χ3v) is 4.86. The minimum Gasteiger partial charge on any atom is -0.309 e. The Kier molecular flexibility index (Phi) is 4.04. The van der Waals surface area contributed by atoms with E-state index in [1.807, 2.05) is 13.0 Å². The van der Waals surface area contributed by atoms with Gasteiger partial charge in [0.25, 0.3) is 0 Å². The van der Waals surface area contributed by atoms with Gasteiger partial charge in [-0.05, 0) is 29.2 Å². The Bertz CT molecular complexity index is 526. The van der Waals surface area contributed by atoms with Gasteiger partial charge in [-0.15, -0.1) is 0 Å². The van der Waals surface area contributed by atoms with Gasteiger partial charge < -0.3 is 5.32 Å². The van der Waals surface area contributed by atoms with Crippen LogP contribution in [0.1, 0.15) is 31.4 Å². The van der Waals surface area contributed by atoms with Crippen molar-refractivity contribution in [2.75, 3.05) is 6.54 Å². The zero-order chi connectivity index (χ0) is 13.2. The lowest BCUT2D eigenvalue weighted by molar-refractivity contribution is 0.528. The van der Waals surface area contributed by atoms with Crippen LogP contribution in [0.25, 0.3) is 0 Å². The van der Waals surface area contributed by atoms with E-state index in [2.05, 4.69) is 17.0 Å². The molecule has 1 unspecified atom stereocenters. The highest BCUT2D eigenvalue weighted by atomic mass is 32.2. The fraction of sp³-hybridized carbons (Fsp3) is 0.538. The minimum atomic E-state index is -3.36. The third kappa shape index (κ3) is 2.91. The molecule has 0 fully saturated rings. The summed E-state index contributed by atoms with van der Waals surface area (Å²) in [6.07, 6.45) is 0.969. The molecule has 0 aliphatic carbocycles. The zero-order valence-corrected chi connectivity index (χ0v) is 11.7. The molecule has 0 bridgehead atoms. The summed E-state index contributed by atoms with van der Waals surface area (Å²) in [5.74, 6) is 0.357. The lowest BCUT2D eigenvalue weighted by atomic mass is 10.1. The SMILES string of the molecule is CCC(C)CNS(=O)(=O)c1ccc2c(c1)CNC2. The first-order valence-corrected chi connectivity index (χ1v) is 7.83. The van der Waals surface area contributed by atoms with Crippen LogP contribution in [0.4, 0.5) is 0 Å². The van der Waals surface area contributed by atoms with Crippen LogP contribution in [0, 0.1) is 5.92 Å². The lowest BCUT2D eigenvalue weighted by Gasteiger charge is -2.11. The topological polar surface area (TPSA) is 58.2 Å². The molecule has 0 saturated heterocycles. The molecule has 1 aliphatic heterocycles. The van der Waals surface area contributed by atoms with E-state index in [4.69, 9.17) is 0 Å². The van der Waals surface area contributed by atoms with Gasteiger partial charge in [-0.2, -0.15) is 0 Å². The van der Waals surface area contributed by atoms with Gasteiger partial charge in [-0.3, -0.25) is 0 Å². The van der Waals surface area contributed by atoms with Crippen molar-refractivity contribution in [2.45, 2.75) is 38.3 Å². The summed E-state index contributed by atoms with van der Waals surface area (Å²) in [5.41, 5.74) is 2.28. The molecule has 1 atom stereocenters. The summed E-state index contributed by atoms with van der Waals surface area (Å²) < 4.78 is 26.9.